The van der Waals surface area contributed by atoms with Gasteiger partial charge in [-0.25, -0.2) is 4.79 Å². The first-order valence-corrected chi connectivity index (χ1v) is 9.65. The molecule has 5 heteroatoms. The third-order valence-electron chi connectivity index (χ3n) is 4.33. The number of methoxy groups -OCH3 is 1. The molecule has 0 heterocycles. The van der Waals surface area contributed by atoms with Crippen LogP contribution in [0.15, 0.2) is 72.8 Å². The van der Waals surface area contributed by atoms with Gasteiger partial charge in [0, 0.05) is 5.56 Å². The summed E-state index contributed by atoms with van der Waals surface area (Å²) in [4.78, 5) is 25.6. The van der Waals surface area contributed by atoms with Gasteiger partial charge in [-0.05, 0) is 62.2 Å². The van der Waals surface area contributed by atoms with Gasteiger partial charge in [0.1, 0.15) is 11.4 Å². The first-order chi connectivity index (χ1) is 14.3. The zero-order chi connectivity index (χ0) is 21.7. The molecule has 30 heavy (non-hydrogen) atoms. The van der Waals surface area contributed by atoms with E-state index >= 15 is 0 Å². The van der Waals surface area contributed by atoms with Gasteiger partial charge < -0.3 is 14.8 Å². The second-order valence-corrected chi connectivity index (χ2v) is 7.81. The molecule has 0 atom stereocenters. The van der Waals surface area contributed by atoms with E-state index in [1.54, 1.807) is 64.3 Å². The predicted molar refractivity (Wildman–Crippen MR) is 118 cm³/mol. The fourth-order valence-electron chi connectivity index (χ4n) is 2.93. The maximum absolute atomic E-state index is 12.9. The monoisotopic (exact) mass is 403 g/mol. The molecule has 0 unspecified atom stereocenters. The number of esters is 1. The Morgan fingerprint density at radius 3 is 2.23 bits per heavy atom. The fourth-order valence-corrected chi connectivity index (χ4v) is 2.93. The van der Waals surface area contributed by atoms with Crippen molar-refractivity contribution >= 4 is 17.6 Å². The van der Waals surface area contributed by atoms with Gasteiger partial charge in [0.05, 0.1) is 18.4 Å². The number of benzene rings is 3. The van der Waals surface area contributed by atoms with Crippen molar-refractivity contribution in [2.24, 2.45) is 0 Å². The summed E-state index contributed by atoms with van der Waals surface area (Å²) in [6, 6.07) is 21.9. The van der Waals surface area contributed by atoms with Crippen molar-refractivity contribution in [3.8, 4) is 16.9 Å². The summed E-state index contributed by atoms with van der Waals surface area (Å²) < 4.78 is 10.7. The Morgan fingerprint density at radius 2 is 1.57 bits per heavy atom. The zero-order valence-corrected chi connectivity index (χ0v) is 17.6. The lowest BCUT2D eigenvalue weighted by Crippen LogP contribution is -2.25. The van der Waals surface area contributed by atoms with Crippen molar-refractivity contribution < 1.29 is 19.1 Å². The number of rotatable bonds is 5. The van der Waals surface area contributed by atoms with Crippen LogP contribution in [0.25, 0.3) is 11.1 Å². The van der Waals surface area contributed by atoms with Crippen LogP contribution in [0.1, 0.15) is 41.5 Å². The van der Waals surface area contributed by atoms with E-state index in [0.29, 0.717) is 22.6 Å². The summed E-state index contributed by atoms with van der Waals surface area (Å²) in [5, 5.41) is 2.86. The van der Waals surface area contributed by atoms with Crippen LogP contribution in [0.4, 0.5) is 5.69 Å². The Bertz CT molecular complexity index is 1050. The number of carbonyl (C=O) groups excluding carboxylic acids is 2. The van der Waals surface area contributed by atoms with Gasteiger partial charge in [-0.15, -0.1) is 0 Å². The zero-order valence-electron chi connectivity index (χ0n) is 17.6. The molecule has 0 aliphatic carbocycles. The molecule has 154 valence electrons. The Balaban J connectivity index is 1.99. The van der Waals surface area contributed by atoms with Crippen LogP contribution < -0.4 is 10.1 Å². The molecule has 0 spiro atoms. The van der Waals surface area contributed by atoms with Crippen molar-refractivity contribution in [2.75, 3.05) is 12.4 Å². The summed E-state index contributed by atoms with van der Waals surface area (Å²) in [6.45, 7) is 5.41. The first kappa shape index (κ1) is 21.1. The minimum absolute atomic E-state index is 0.292. The van der Waals surface area contributed by atoms with Crippen LogP contribution >= 0.6 is 0 Å². The summed E-state index contributed by atoms with van der Waals surface area (Å²) in [5.41, 5.74) is 2.31. The number of amides is 1. The van der Waals surface area contributed by atoms with Crippen molar-refractivity contribution in [2.45, 2.75) is 26.4 Å². The third-order valence-corrected chi connectivity index (χ3v) is 4.33. The van der Waals surface area contributed by atoms with E-state index in [4.69, 9.17) is 9.47 Å². The molecular formula is C25H25NO4. The fraction of sp³-hybridized carbons (Fsp3) is 0.200. The van der Waals surface area contributed by atoms with E-state index in [-0.39, 0.29) is 5.91 Å². The van der Waals surface area contributed by atoms with Crippen molar-refractivity contribution in [3.63, 3.8) is 0 Å². The Kier molecular flexibility index (Phi) is 6.21. The van der Waals surface area contributed by atoms with E-state index < -0.39 is 11.6 Å². The summed E-state index contributed by atoms with van der Waals surface area (Å²) in [7, 11) is 1.54. The molecule has 5 nitrogen and oxygen atoms in total. The second kappa shape index (κ2) is 8.82. The molecule has 0 aromatic heterocycles. The summed E-state index contributed by atoms with van der Waals surface area (Å²) >= 11 is 0. The Hall–Kier alpha value is -3.60. The molecule has 0 saturated carbocycles. The summed E-state index contributed by atoms with van der Waals surface area (Å²) in [6.07, 6.45) is 0. The number of nitrogens with one attached hydrogen (secondary N) is 1. The van der Waals surface area contributed by atoms with E-state index in [0.717, 1.165) is 11.1 Å². The van der Waals surface area contributed by atoms with Gasteiger partial charge in [-0.1, -0.05) is 42.5 Å². The highest BCUT2D eigenvalue weighted by Gasteiger charge is 2.22. The van der Waals surface area contributed by atoms with Gasteiger partial charge in [0.25, 0.3) is 5.91 Å². The minimum Gasteiger partial charge on any atom is -0.497 e. The van der Waals surface area contributed by atoms with Crippen LogP contribution in [0.5, 0.6) is 5.75 Å². The number of hydrogen-bond acceptors (Lipinski definition) is 4. The van der Waals surface area contributed by atoms with Gasteiger partial charge in [0.2, 0.25) is 0 Å². The first-order valence-electron chi connectivity index (χ1n) is 9.65. The molecule has 3 rings (SSSR count). The molecule has 3 aromatic carbocycles. The standard InChI is InChI=1S/C25H25NO4/c1-25(2,3)30-24(28)21-14-13-18(17-9-6-5-7-10-17)16-22(21)26-23(27)19-11-8-12-20(15-19)29-4/h5-16H,1-4H3,(H,26,27). The largest absolute Gasteiger partial charge is 0.497 e. The molecule has 0 bridgehead atoms. The summed E-state index contributed by atoms with van der Waals surface area (Å²) in [5.74, 6) is -0.264. The quantitative estimate of drug-likeness (QED) is 0.566. The average Bonchev–Trinajstić information content (AvgIpc) is 2.73. The minimum atomic E-state index is -0.650. The van der Waals surface area contributed by atoms with Gasteiger partial charge in [0.15, 0.2) is 0 Å². The topological polar surface area (TPSA) is 64.6 Å². The van der Waals surface area contributed by atoms with Gasteiger partial charge in [-0.2, -0.15) is 0 Å². The van der Waals surface area contributed by atoms with Gasteiger partial charge in [-0.3, -0.25) is 4.79 Å². The number of hydrogen-bond donors (Lipinski definition) is 1. The Morgan fingerprint density at radius 1 is 0.833 bits per heavy atom. The maximum Gasteiger partial charge on any atom is 0.340 e. The lowest BCUT2D eigenvalue weighted by molar-refractivity contribution is 0.00708. The lowest BCUT2D eigenvalue weighted by atomic mass is 10.0. The van der Waals surface area contributed by atoms with E-state index in [9.17, 15) is 9.59 Å². The second-order valence-electron chi connectivity index (χ2n) is 7.81. The average molecular weight is 403 g/mol. The van der Waals surface area contributed by atoms with Crippen LogP contribution in [0, 0.1) is 0 Å². The molecule has 0 aliphatic heterocycles. The molecule has 0 fully saturated rings. The van der Waals surface area contributed by atoms with Crippen LogP contribution in [0.2, 0.25) is 0 Å². The van der Waals surface area contributed by atoms with Crippen LogP contribution in [-0.2, 0) is 4.74 Å². The van der Waals surface area contributed by atoms with Crippen LogP contribution in [0.3, 0.4) is 0 Å². The maximum atomic E-state index is 12.9. The third kappa shape index (κ3) is 5.26. The predicted octanol–water partition coefficient (Wildman–Crippen LogP) is 5.57. The highest BCUT2D eigenvalue weighted by Crippen LogP contribution is 2.28. The normalized spacial score (nSPS) is 10.9. The van der Waals surface area contributed by atoms with E-state index in [1.165, 1.54) is 0 Å². The molecule has 3 aromatic rings. The van der Waals surface area contributed by atoms with E-state index in [2.05, 4.69) is 5.32 Å². The smallest absolute Gasteiger partial charge is 0.340 e. The molecule has 1 amide bonds. The lowest BCUT2D eigenvalue weighted by Gasteiger charge is -2.21. The molecule has 1 N–H and O–H groups in total. The SMILES string of the molecule is COc1cccc(C(=O)Nc2cc(-c3ccccc3)ccc2C(=O)OC(C)(C)C)c1. The number of carbonyl (C=O) groups is 2. The molecule has 0 aliphatic rings. The number of ether oxygens (including phenoxy) is 2. The van der Waals surface area contributed by atoms with Crippen molar-refractivity contribution in [1.29, 1.82) is 0 Å². The van der Waals surface area contributed by atoms with Gasteiger partial charge >= 0.3 is 5.97 Å². The number of anilines is 1. The van der Waals surface area contributed by atoms with Crippen molar-refractivity contribution in [3.05, 3.63) is 83.9 Å². The van der Waals surface area contributed by atoms with E-state index in [1.807, 2.05) is 36.4 Å². The highest BCUT2D eigenvalue weighted by molar-refractivity contribution is 6.08. The Labute approximate surface area is 176 Å². The van der Waals surface area contributed by atoms with Crippen LogP contribution in [-0.4, -0.2) is 24.6 Å². The molecule has 0 radical (unpaired) electrons. The molecule has 0 saturated heterocycles. The highest BCUT2D eigenvalue weighted by atomic mass is 16.6. The molecular weight excluding hydrogens is 378 g/mol. The van der Waals surface area contributed by atoms with Crippen molar-refractivity contribution in [1.82, 2.24) is 0 Å².